The Morgan fingerprint density at radius 1 is 0.788 bits per heavy atom. The second-order valence-electron chi connectivity index (χ2n) is 8.62. The van der Waals surface area contributed by atoms with E-state index in [0.29, 0.717) is 0 Å². The van der Waals surface area contributed by atoms with Gasteiger partial charge in [0, 0.05) is 18.2 Å². The standard InChI is InChI=1S/C29H28N2O2/c32-29(30-25-13-15-27(16-14-25)33-26-10-2-1-3-11-26)23-17-19-31(20-18-23)21-24-9-6-8-22-7-4-5-12-28(22)24/h1-16,23H,17-21H2,(H,30,32). The molecule has 1 aliphatic heterocycles. The normalized spacial score (nSPS) is 14.8. The summed E-state index contributed by atoms with van der Waals surface area (Å²) in [5.74, 6) is 1.70. The zero-order valence-corrected chi connectivity index (χ0v) is 18.6. The van der Waals surface area contributed by atoms with Gasteiger partial charge >= 0.3 is 0 Å². The van der Waals surface area contributed by atoms with E-state index in [1.54, 1.807) is 0 Å². The Kier molecular flexibility index (Phi) is 6.36. The summed E-state index contributed by atoms with van der Waals surface area (Å²) in [6, 6.07) is 32.3. The van der Waals surface area contributed by atoms with Crippen LogP contribution in [0.15, 0.2) is 97.1 Å². The highest BCUT2D eigenvalue weighted by molar-refractivity contribution is 5.92. The molecule has 0 bridgehead atoms. The summed E-state index contributed by atoms with van der Waals surface area (Å²) in [7, 11) is 0. The number of ether oxygens (including phenoxy) is 1. The number of amides is 1. The Labute approximate surface area is 194 Å². The van der Waals surface area contributed by atoms with E-state index in [0.717, 1.165) is 49.7 Å². The summed E-state index contributed by atoms with van der Waals surface area (Å²) in [5.41, 5.74) is 2.16. The molecule has 1 aliphatic rings. The van der Waals surface area contributed by atoms with Gasteiger partial charge in [0.2, 0.25) is 5.91 Å². The number of anilines is 1. The van der Waals surface area contributed by atoms with Gasteiger partial charge in [-0.2, -0.15) is 0 Å². The van der Waals surface area contributed by atoms with Crippen LogP contribution in [0.2, 0.25) is 0 Å². The average Bonchev–Trinajstić information content (AvgIpc) is 2.86. The minimum atomic E-state index is 0.0500. The maximum absolute atomic E-state index is 12.8. The predicted octanol–water partition coefficient (Wildman–Crippen LogP) is 6.48. The van der Waals surface area contributed by atoms with Gasteiger partial charge in [-0.1, -0.05) is 60.7 Å². The van der Waals surface area contributed by atoms with Crippen molar-refractivity contribution in [3.63, 3.8) is 0 Å². The molecule has 0 atom stereocenters. The summed E-state index contributed by atoms with van der Waals surface area (Å²) in [4.78, 5) is 15.3. The van der Waals surface area contributed by atoms with Gasteiger partial charge in [0.25, 0.3) is 0 Å². The van der Waals surface area contributed by atoms with Crippen LogP contribution in [-0.4, -0.2) is 23.9 Å². The van der Waals surface area contributed by atoms with Crippen molar-refractivity contribution in [3.05, 3.63) is 103 Å². The first-order chi connectivity index (χ1) is 16.2. The number of piperidine rings is 1. The number of likely N-dealkylation sites (tertiary alicyclic amines) is 1. The maximum atomic E-state index is 12.8. The highest BCUT2D eigenvalue weighted by Crippen LogP contribution is 2.26. The molecule has 4 heteroatoms. The summed E-state index contributed by atoms with van der Waals surface area (Å²) in [6.45, 7) is 2.80. The molecule has 0 radical (unpaired) electrons. The van der Waals surface area contributed by atoms with Crippen LogP contribution in [0.4, 0.5) is 5.69 Å². The summed E-state index contributed by atoms with van der Waals surface area (Å²) >= 11 is 0. The van der Waals surface area contributed by atoms with Gasteiger partial charge in [-0.25, -0.2) is 0 Å². The molecule has 33 heavy (non-hydrogen) atoms. The molecular formula is C29H28N2O2. The number of benzene rings is 4. The van der Waals surface area contributed by atoms with Crippen molar-refractivity contribution >= 4 is 22.4 Å². The van der Waals surface area contributed by atoms with Gasteiger partial charge in [-0.3, -0.25) is 9.69 Å². The zero-order valence-electron chi connectivity index (χ0n) is 18.6. The second-order valence-corrected chi connectivity index (χ2v) is 8.62. The fraction of sp³-hybridized carbons (Fsp3) is 0.207. The average molecular weight is 437 g/mol. The number of carbonyl (C=O) groups is 1. The molecule has 5 rings (SSSR count). The molecule has 1 saturated heterocycles. The quantitative estimate of drug-likeness (QED) is 0.376. The first kappa shape index (κ1) is 21.2. The Morgan fingerprint density at radius 3 is 2.24 bits per heavy atom. The molecule has 1 fully saturated rings. The Balaban J connectivity index is 1.13. The van der Waals surface area contributed by atoms with Crippen LogP contribution in [0.25, 0.3) is 10.8 Å². The topological polar surface area (TPSA) is 41.6 Å². The number of nitrogens with one attached hydrogen (secondary N) is 1. The molecule has 0 aromatic heterocycles. The number of carbonyl (C=O) groups excluding carboxylic acids is 1. The SMILES string of the molecule is O=C(Nc1ccc(Oc2ccccc2)cc1)C1CCN(Cc2cccc3ccccc23)CC1. The summed E-state index contributed by atoms with van der Waals surface area (Å²) < 4.78 is 5.82. The summed E-state index contributed by atoms with van der Waals surface area (Å²) in [5, 5.41) is 5.68. The van der Waals surface area contributed by atoms with Gasteiger partial charge in [-0.05, 0) is 78.7 Å². The lowest BCUT2D eigenvalue weighted by atomic mass is 9.95. The predicted molar refractivity (Wildman–Crippen MR) is 134 cm³/mol. The first-order valence-electron chi connectivity index (χ1n) is 11.6. The number of para-hydroxylation sites is 1. The lowest BCUT2D eigenvalue weighted by Crippen LogP contribution is -2.37. The number of fused-ring (bicyclic) bond motifs is 1. The Bertz CT molecular complexity index is 1210. The molecule has 1 heterocycles. The van der Waals surface area contributed by atoms with E-state index in [9.17, 15) is 4.79 Å². The van der Waals surface area contributed by atoms with Gasteiger partial charge in [0.15, 0.2) is 0 Å². The van der Waals surface area contributed by atoms with E-state index in [1.807, 2.05) is 54.6 Å². The van der Waals surface area contributed by atoms with Crippen LogP contribution < -0.4 is 10.1 Å². The molecular weight excluding hydrogens is 408 g/mol. The largest absolute Gasteiger partial charge is 0.457 e. The minimum Gasteiger partial charge on any atom is -0.457 e. The van der Waals surface area contributed by atoms with E-state index in [2.05, 4.69) is 52.7 Å². The molecule has 4 nitrogen and oxygen atoms in total. The molecule has 1 amide bonds. The zero-order chi connectivity index (χ0) is 22.5. The van der Waals surface area contributed by atoms with Crippen molar-refractivity contribution in [2.45, 2.75) is 19.4 Å². The van der Waals surface area contributed by atoms with Crippen LogP contribution in [0.5, 0.6) is 11.5 Å². The molecule has 0 spiro atoms. The van der Waals surface area contributed by atoms with E-state index in [-0.39, 0.29) is 11.8 Å². The van der Waals surface area contributed by atoms with Crippen molar-refractivity contribution in [2.75, 3.05) is 18.4 Å². The van der Waals surface area contributed by atoms with Crippen molar-refractivity contribution in [2.24, 2.45) is 5.92 Å². The second kappa shape index (κ2) is 9.88. The molecule has 1 N–H and O–H groups in total. The van der Waals surface area contributed by atoms with Crippen LogP contribution >= 0.6 is 0 Å². The van der Waals surface area contributed by atoms with Crippen molar-refractivity contribution in [1.29, 1.82) is 0 Å². The van der Waals surface area contributed by atoms with Gasteiger partial charge < -0.3 is 10.1 Å². The molecule has 0 aliphatic carbocycles. The van der Waals surface area contributed by atoms with E-state index in [4.69, 9.17) is 4.74 Å². The van der Waals surface area contributed by atoms with Crippen molar-refractivity contribution < 1.29 is 9.53 Å². The number of nitrogens with zero attached hydrogens (tertiary/aromatic N) is 1. The fourth-order valence-electron chi connectivity index (χ4n) is 4.50. The third-order valence-electron chi connectivity index (χ3n) is 6.33. The number of hydrogen-bond donors (Lipinski definition) is 1. The molecule has 0 saturated carbocycles. The van der Waals surface area contributed by atoms with Crippen LogP contribution in [0, 0.1) is 5.92 Å². The van der Waals surface area contributed by atoms with Crippen LogP contribution in [0.3, 0.4) is 0 Å². The Morgan fingerprint density at radius 2 is 1.45 bits per heavy atom. The Hall–Kier alpha value is -3.63. The molecule has 4 aromatic rings. The molecule has 166 valence electrons. The van der Waals surface area contributed by atoms with Gasteiger partial charge in [0.05, 0.1) is 0 Å². The highest BCUT2D eigenvalue weighted by atomic mass is 16.5. The van der Waals surface area contributed by atoms with Crippen LogP contribution in [0.1, 0.15) is 18.4 Å². The van der Waals surface area contributed by atoms with E-state index in [1.165, 1.54) is 16.3 Å². The lowest BCUT2D eigenvalue weighted by molar-refractivity contribution is -0.121. The van der Waals surface area contributed by atoms with E-state index >= 15 is 0 Å². The van der Waals surface area contributed by atoms with Gasteiger partial charge in [0.1, 0.15) is 11.5 Å². The monoisotopic (exact) mass is 436 g/mol. The lowest BCUT2D eigenvalue weighted by Gasteiger charge is -2.31. The third-order valence-corrected chi connectivity index (χ3v) is 6.33. The molecule has 0 unspecified atom stereocenters. The fourth-order valence-corrected chi connectivity index (χ4v) is 4.50. The highest BCUT2D eigenvalue weighted by Gasteiger charge is 2.25. The van der Waals surface area contributed by atoms with Gasteiger partial charge in [-0.15, -0.1) is 0 Å². The van der Waals surface area contributed by atoms with Crippen LogP contribution in [-0.2, 0) is 11.3 Å². The third kappa shape index (κ3) is 5.24. The maximum Gasteiger partial charge on any atom is 0.227 e. The van der Waals surface area contributed by atoms with Crippen molar-refractivity contribution in [1.82, 2.24) is 4.90 Å². The number of hydrogen-bond acceptors (Lipinski definition) is 3. The minimum absolute atomic E-state index is 0.0500. The van der Waals surface area contributed by atoms with Crippen molar-refractivity contribution in [3.8, 4) is 11.5 Å². The summed E-state index contributed by atoms with van der Waals surface area (Å²) in [6.07, 6.45) is 1.76. The first-order valence-corrected chi connectivity index (χ1v) is 11.6. The number of rotatable bonds is 6. The molecule has 4 aromatic carbocycles. The van der Waals surface area contributed by atoms with E-state index < -0.39 is 0 Å². The smallest absolute Gasteiger partial charge is 0.227 e.